The van der Waals surface area contributed by atoms with Gasteiger partial charge in [-0.3, -0.25) is 0 Å². The van der Waals surface area contributed by atoms with E-state index >= 15 is 0 Å². The minimum Gasteiger partial charge on any atom is -0.374 e. The molecule has 0 N–H and O–H groups in total. The predicted octanol–water partition coefficient (Wildman–Crippen LogP) is 3.22. The summed E-state index contributed by atoms with van der Waals surface area (Å²) < 4.78 is 17.9. The average Bonchev–Trinajstić information content (AvgIpc) is 2.13. The van der Waals surface area contributed by atoms with Crippen molar-refractivity contribution in [2.45, 2.75) is 59.6 Å². The van der Waals surface area contributed by atoms with E-state index < -0.39 is 8.80 Å². The lowest BCUT2D eigenvalue weighted by molar-refractivity contribution is -0.0988. The van der Waals surface area contributed by atoms with Gasteiger partial charge < -0.3 is 13.3 Å². The molecule has 4 heteroatoms. The van der Waals surface area contributed by atoms with Crippen LogP contribution in [-0.2, 0) is 13.3 Å². The van der Waals surface area contributed by atoms with E-state index in [2.05, 4.69) is 27.7 Å². The van der Waals surface area contributed by atoms with Crippen molar-refractivity contribution >= 4 is 8.80 Å². The topological polar surface area (TPSA) is 27.7 Å². The summed E-state index contributed by atoms with van der Waals surface area (Å²) in [4.78, 5) is 0. The van der Waals surface area contributed by atoms with Gasteiger partial charge in [0.05, 0.1) is 5.60 Å². The summed E-state index contributed by atoms with van der Waals surface area (Å²) in [5.74, 6) is 0. The highest BCUT2D eigenvalue weighted by molar-refractivity contribution is 6.61. The molecule has 0 radical (unpaired) electrons. The molecular weight excluding hydrogens is 220 g/mol. The van der Waals surface area contributed by atoms with Gasteiger partial charge in [-0.2, -0.15) is 0 Å². The highest BCUT2D eigenvalue weighted by atomic mass is 28.4. The molecule has 1 aliphatic heterocycles. The van der Waals surface area contributed by atoms with E-state index in [1.165, 1.54) is 0 Å². The van der Waals surface area contributed by atoms with E-state index in [1.807, 2.05) is 13.8 Å². The first-order valence-electron chi connectivity index (χ1n) is 6.27. The molecule has 1 fully saturated rings. The molecule has 1 saturated heterocycles. The molecule has 1 rings (SSSR count). The SMILES string of the molecule is CCO[Si]1(OCC)CCC(C)(C)C(C)(C)O1. The molecule has 0 aromatic rings. The van der Waals surface area contributed by atoms with Crippen LogP contribution in [0.15, 0.2) is 0 Å². The van der Waals surface area contributed by atoms with Gasteiger partial charge in [-0.05, 0) is 39.5 Å². The van der Waals surface area contributed by atoms with Gasteiger partial charge in [0.15, 0.2) is 0 Å². The van der Waals surface area contributed by atoms with E-state index in [0.717, 1.165) is 12.5 Å². The van der Waals surface area contributed by atoms with Crippen molar-refractivity contribution in [2.75, 3.05) is 13.2 Å². The Bertz CT molecular complexity index is 232. The van der Waals surface area contributed by atoms with Crippen molar-refractivity contribution < 1.29 is 13.3 Å². The van der Waals surface area contributed by atoms with Crippen molar-refractivity contribution in [3.05, 3.63) is 0 Å². The van der Waals surface area contributed by atoms with Crippen LogP contribution in [-0.4, -0.2) is 27.6 Å². The maximum atomic E-state index is 6.25. The maximum absolute atomic E-state index is 6.25. The third-order valence-electron chi connectivity index (χ3n) is 3.83. The second-order valence-corrected chi connectivity index (χ2v) is 8.19. The Morgan fingerprint density at radius 3 is 1.94 bits per heavy atom. The van der Waals surface area contributed by atoms with Crippen LogP contribution in [0.1, 0.15) is 48.0 Å². The molecule has 1 heterocycles. The Morgan fingerprint density at radius 1 is 1.06 bits per heavy atom. The standard InChI is InChI=1S/C12H26O3Si/c1-7-13-16(14-8-2)10-9-11(3,4)12(5,6)15-16/h7-10H2,1-6H3. The van der Waals surface area contributed by atoms with Crippen molar-refractivity contribution in [1.82, 2.24) is 0 Å². The lowest BCUT2D eigenvalue weighted by atomic mass is 9.75. The molecule has 0 atom stereocenters. The van der Waals surface area contributed by atoms with E-state index in [-0.39, 0.29) is 11.0 Å². The van der Waals surface area contributed by atoms with Gasteiger partial charge in [-0.15, -0.1) is 0 Å². The molecule has 3 nitrogen and oxygen atoms in total. The summed E-state index contributed by atoms with van der Waals surface area (Å²) in [6.07, 6.45) is 1.10. The number of hydrogen-bond acceptors (Lipinski definition) is 3. The van der Waals surface area contributed by atoms with Crippen LogP contribution in [0.5, 0.6) is 0 Å². The minimum absolute atomic E-state index is 0.178. The largest absolute Gasteiger partial charge is 0.501 e. The molecule has 0 unspecified atom stereocenters. The highest BCUT2D eigenvalue weighted by Gasteiger charge is 2.55. The first-order chi connectivity index (χ1) is 7.29. The Hall–Kier alpha value is 0.0969. The molecule has 1 aliphatic rings. The zero-order chi connectivity index (χ0) is 12.4. The lowest BCUT2D eigenvalue weighted by Gasteiger charge is -2.51. The molecule has 96 valence electrons. The molecular formula is C12H26O3Si. The third-order valence-corrected chi connectivity index (χ3v) is 6.97. The van der Waals surface area contributed by atoms with Gasteiger partial charge >= 0.3 is 8.80 Å². The first kappa shape index (κ1) is 14.2. The van der Waals surface area contributed by atoms with Crippen LogP contribution in [0.2, 0.25) is 6.04 Å². The maximum Gasteiger partial charge on any atom is 0.501 e. The Morgan fingerprint density at radius 2 is 1.56 bits per heavy atom. The van der Waals surface area contributed by atoms with Crippen molar-refractivity contribution in [3.63, 3.8) is 0 Å². The van der Waals surface area contributed by atoms with Gasteiger partial charge in [-0.1, -0.05) is 13.8 Å². The van der Waals surface area contributed by atoms with Crippen LogP contribution in [0.4, 0.5) is 0 Å². The fourth-order valence-corrected chi connectivity index (χ4v) is 5.49. The minimum atomic E-state index is -2.41. The van der Waals surface area contributed by atoms with E-state index in [9.17, 15) is 0 Å². The van der Waals surface area contributed by atoms with E-state index in [1.54, 1.807) is 0 Å². The summed E-state index contributed by atoms with van der Waals surface area (Å²) in [6, 6.07) is 0.936. The zero-order valence-electron chi connectivity index (χ0n) is 11.6. The summed E-state index contributed by atoms with van der Waals surface area (Å²) in [5, 5.41) is 0. The average molecular weight is 246 g/mol. The van der Waals surface area contributed by atoms with Crippen LogP contribution < -0.4 is 0 Å². The molecule has 0 aromatic heterocycles. The summed E-state index contributed by atoms with van der Waals surface area (Å²) in [7, 11) is -2.41. The van der Waals surface area contributed by atoms with E-state index in [4.69, 9.17) is 13.3 Å². The highest BCUT2D eigenvalue weighted by Crippen LogP contribution is 2.46. The van der Waals surface area contributed by atoms with Crippen LogP contribution in [0.3, 0.4) is 0 Å². The second-order valence-electron chi connectivity index (χ2n) is 5.55. The Kier molecular flexibility index (Phi) is 4.22. The molecule has 0 aromatic carbocycles. The van der Waals surface area contributed by atoms with Gasteiger partial charge in [0, 0.05) is 19.3 Å². The lowest BCUT2D eigenvalue weighted by Crippen LogP contribution is -2.60. The monoisotopic (exact) mass is 246 g/mol. The number of rotatable bonds is 4. The molecule has 0 saturated carbocycles. The Labute approximate surface area is 101 Å². The van der Waals surface area contributed by atoms with Gasteiger partial charge in [-0.25, -0.2) is 0 Å². The molecule has 0 amide bonds. The quantitative estimate of drug-likeness (QED) is 0.713. The van der Waals surface area contributed by atoms with Gasteiger partial charge in [0.25, 0.3) is 0 Å². The van der Waals surface area contributed by atoms with Crippen molar-refractivity contribution in [3.8, 4) is 0 Å². The fourth-order valence-electron chi connectivity index (χ4n) is 2.03. The van der Waals surface area contributed by atoms with Crippen LogP contribution >= 0.6 is 0 Å². The summed E-state index contributed by atoms with van der Waals surface area (Å²) in [6.45, 7) is 14.1. The first-order valence-corrected chi connectivity index (χ1v) is 8.20. The van der Waals surface area contributed by atoms with Gasteiger partial charge in [0.1, 0.15) is 0 Å². The molecule has 0 aliphatic carbocycles. The molecule has 0 bridgehead atoms. The van der Waals surface area contributed by atoms with E-state index in [0.29, 0.717) is 13.2 Å². The van der Waals surface area contributed by atoms with Crippen molar-refractivity contribution in [2.24, 2.45) is 5.41 Å². The molecule has 16 heavy (non-hydrogen) atoms. The normalized spacial score (nSPS) is 26.6. The zero-order valence-corrected chi connectivity index (χ0v) is 12.6. The predicted molar refractivity (Wildman–Crippen MR) is 67.4 cm³/mol. The molecule has 0 spiro atoms. The van der Waals surface area contributed by atoms with Crippen LogP contribution in [0, 0.1) is 5.41 Å². The number of hydrogen-bond donors (Lipinski definition) is 0. The fraction of sp³-hybridized carbons (Fsp3) is 1.00. The smallest absolute Gasteiger partial charge is 0.374 e. The summed E-state index contributed by atoms with van der Waals surface area (Å²) in [5.41, 5.74) is -0.000481. The van der Waals surface area contributed by atoms with Gasteiger partial charge in [0.2, 0.25) is 0 Å². The third kappa shape index (κ3) is 2.67. The van der Waals surface area contributed by atoms with Crippen molar-refractivity contribution in [1.29, 1.82) is 0 Å². The Balaban J connectivity index is 2.84. The van der Waals surface area contributed by atoms with Crippen LogP contribution in [0.25, 0.3) is 0 Å². The second kappa shape index (κ2) is 4.76. The summed E-state index contributed by atoms with van der Waals surface area (Å²) >= 11 is 0.